The van der Waals surface area contributed by atoms with Crippen LogP contribution in [0.4, 0.5) is 0 Å². The molecule has 136 valence electrons. The molecule has 0 saturated carbocycles. The molecule has 0 N–H and O–H groups in total. The van der Waals surface area contributed by atoms with Crippen molar-refractivity contribution in [2.24, 2.45) is 0 Å². The molecule has 1 aromatic heterocycles. The van der Waals surface area contributed by atoms with Gasteiger partial charge in [0.15, 0.2) is 0 Å². The molecule has 5 rings (SSSR count). The van der Waals surface area contributed by atoms with Crippen molar-refractivity contribution in [3.8, 4) is 0 Å². The van der Waals surface area contributed by atoms with Crippen LogP contribution < -0.4 is 4.67 Å². The van der Waals surface area contributed by atoms with Gasteiger partial charge in [0.2, 0.25) is 0 Å². The van der Waals surface area contributed by atoms with E-state index in [9.17, 15) is 0 Å². The summed E-state index contributed by atoms with van der Waals surface area (Å²) in [4.78, 5) is 0. The van der Waals surface area contributed by atoms with Gasteiger partial charge in [-0.3, -0.25) is 0 Å². The molecule has 0 atom stereocenters. The van der Waals surface area contributed by atoms with Crippen molar-refractivity contribution >= 4 is 65.1 Å². The summed E-state index contributed by atoms with van der Waals surface area (Å²) < 4.78 is 14.7. The Balaban J connectivity index is 0.00000180. The molecule has 27 heavy (non-hydrogen) atoms. The molecule has 0 unspecified atom stereocenters. The largest absolute Gasteiger partial charge is 0.408 e. The zero-order valence-electron chi connectivity index (χ0n) is 15.1. The minimum absolute atomic E-state index is 0. The van der Waals surface area contributed by atoms with Gasteiger partial charge in [0.25, 0.3) is 0 Å². The van der Waals surface area contributed by atoms with Gasteiger partial charge in [0.1, 0.15) is 11.2 Å². The van der Waals surface area contributed by atoms with Gasteiger partial charge in [-0.1, -0.05) is 60.7 Å². The first-order valence-electron chi connectivity index (χ1n) is 8.59. The molecule has 1 heterocycles. The average Bonchev–Trinajstić information content (AvgIpc) is 2.85. The zero-order valence-corrected chi connectivity index (χ0v) is 17.0. The molecule has 0 saturated heterocycles. The van der Waals surface area contributed by atoms with E-state index in [1.807, 2.05) is 18.8 Å². The Morgan fingerprint density at radius 3 is 1.52 bits per heavy atom. The van der Waals surface area contributed by atoms with E-state index in [0.717, 1.165) is 21.9 Å². The van der Waals surface area contributed by atoms with Crippen molar-refractivity contribution in [3.05, 3.63) is 72.8 Å². The molecule has 0 fully saturated rings. The Labute approximate surface area is 165 Å². The number of hydrogen-bond donors (Lipinski definition) is 0. The van der Waals surface area contributed by atoms with Gasteiger partial charge >= 0.3 is 8.16 Å². The van der Waals surface area contributed by atoms with Crippen molar-refractivity contribution in [1.82, 2.24) is 0 Å². The summed E-state index contributed by atoms with van der Waals surface area (Å²) in [5.74, 6) is 0. The van der Waals surface area contributed by atoms with E-state index in [0.29, 0.717) is 0 Å². The molecule has 0 aliphatic heterocycles. The third-order valence-corrected chi connectivity index (χ3v) is 6.07. The maximum Gasteiger partial charge on any atom is 0.309 e. The monoisotopic (exact) mass is 393 g/mol. The van der Waals surface area contributed by atoms with Crippen LogP contribution in [-0.2, 0) is 0 Å². The molecule has 5 aromatic rings. The van der Waals surface area contributed by atoms with Crippen molar-refractivity contribution in [1.29, 1.82) is 0 Å². The van der Waals surface area contributed by atoms with Crippen molar-refractivity contribution in [3.63, 3.8) is 0 Å². The minimum atomic E-state index is -1.21. The Morgan fingerprint density at radius 1 is 0.630 bits per heavy atom. The van der Waals surface area contributed by atoms with Gasteiger partial charge in [0, 0.05) is 24.9 Å². The van der Waals surface area contributed by atoms with Gasteiger partial charge in [-0.25, -0.2) is 4.67 Å². The van der Waals surface area contributed by atoms with Crippen LogP contribution in [0.25, 0.3) is 43.5 Å². The highest BCUT2D eigenvalue weighted by molar-refractivity contribution is 7.59. The molecule has 0 radical (unpaired) electrons. The average molecular weight is 393 g/mol. The summed E-state index contributed by atoms with van der Waals surface area (Å²) in [5, 5.41) is 6.99. The van der Waals surface area contributed by atoms with Crippen LogP contribution in [-0.4, -0.2) is 14.1 Å². The lowest BCUT2D eigenvalue weighted by Crippen LogP contribution is -2.02. The van der Waals surface area contributed by atoms with E-state index in [1.54, 1.807) is 0 Å². The van der Waals surface area contributed by atoms with Crippen LogP contribution in [0.5, 0.6) is 0 Å². The molecule has 0 aliphatic carbocycles. The third kappa shape index (κ3) is 2.90. The lowest BCUT2D eigenvalue weighted by Gasteiger charge is -2.05. The summed E-state index contributed by atoms with van der Waals surface area (Å²) in [6.07, 6.45) is 0. The highest BCUT2D eigenvalue weighted by Gasteiger charge is 2.13. The molecular formula is C22H20NO2PS. The number of hydrogen-bond acceptors (Lipinski definition) is 3. The maximum absolute atomic E-state index is 6.33. The zero-order chi connectivity index (χ0) is 17.7. The van der Waals surface area contributed by atoms with Crippen LogP contribution >= 0.6 is 21.7 Å². The quantitative estimate of drug-likeness (QED) is 0.310. The van der Waals surface area contributed by atoms with Crippen LogP contribution in [0, 0.1) is 0 Å². The molecule has 0 aliphatic rings. The van der Waals surface area contributed by atoms with Crippen LogP contribution in [0.15, 0.2) is 81.2 Å². The van der Waals surface area contributed by atoms with Gasteiger partial charge < -0.3 is 8.39 Å². The minimum Gasteiger partial charge on any atom is -0.408 e. The molecule has 3 nitrogen and oxygen atoms in total. The van der Waals surface area contributed by atoms with Crippen LogP contribution in [0.3, 0.4) is 0 Å². The topological polar surface area (TPSA) is 29.5 Å². The van der Waals surface area contributed by atoms with Gasteiger partial charge in [0.05, 0.1) is 0 Å². The second kappa shape index (κ2) is 6.97. The highest BCUT2D eigenvalue weighted by Crippen LogP contribution is 2.40. The Kier molecular flexibility index (Phi) is 4.65. The molecule has 0 bridgehead atoms. The fourth-order valence-corrected chi connectivity index (χ4v) is 4.53. The number of nitrogens with zero attached hydrogens (tertiary/aromatic N) is 1. The molecule has 0 spiro atoms. The first-order chi connectivity index (χ1) is 12.7. The fraction of sp³-hybridized carbons (Fsp3) is 0.0909. The van der Waals surface area contributed by atoms with E-state index in [-0.39, 0.29) is 13.5 Å². The standard InChI is InChI=1S/C22H18NO2P.H2S/c1-23(2)26-24-19-13-11-15-7-3-5-9-17(15)21(19)22-18-10-6-4-8-16(18)12-14-20(22)25-26;/h3-14H,1-2H3;1H2. The number of rotatable bonds is 1. The highest BCUT2D eigenvalue weighted by atomic mass is 32.1. The molecule has 4 aromatic carbocycles. The Bertz CT molecular complexity index is 1230. The van der Waals surface area contributed by atoms with Gasteiger partial charge in [-0.15, -0.1) is 0 Å². The number of benzene rings is 4. The molecule has 5 heteroatoms. The Morgan fingerprint density at radius 2 is 1.07 bits per heavy atom. The SMILES string of the molecule is CN(C)p1oc2ccc3ccccc3c2c2c(ccc3ccccc32)o1.S. The fourth-order valence-electron chi connectivity index (χ4n) is 3.52. The van der Waals surface area contributed by atoms with Crippen molar-refractivity contribution in [2.45, 2.75) is 0 Å². The lowest BCUT2D eigenvalue weighted by molar-refractivity contribution is 0.635. The second-order valence-electron chi connectivity index (χ2n) is 6.59. The number of fused-ring (bicyclic) bond motifs is 7. The second-order valence-corrected chi connectivity index (χ2v) is 8.23. The van der Waals surface area contributed by atoms with Crippen LogP contribution in [0.2, 0.25) is 0 Å². The third-order valence-electron chi connectivity index (χ3n) is 4.71. The van der Waals surface area contributed by atoms with E-state index in [1.165, 1.54) is 21.5 Å². The van der Waals surface area contributed by atoms with Crippen molar-refractivity contribution in [2.75, 3.05) is 18.8 Å². The predicted molar refractivity (Wildman–Crippen MR) is 122 cm³/mol. The summed E-state index contributed by atoms with van der Waals surface area (Å²) in [5.41, 5.74) is 1.75. The normalized spacial score (nSPS) is 11.4. The lowest BCUT2D eigenvalue weighted by atomic mass is 9.99. The molecular weight excluding hydrogens is 373 g/mol. The summed E-state index contributed by atoms with van der Waals surface area (Å²) in [6, 6.07) is 25.3. The van der Waals surface area contributed by atoms with Crippen LogP contribution in [0.1, 0.15) is 0 Å². The Hall–Kier alpha value is -2.39. The van der Waals surface area contributed by atoms with Crippen molar-refractivity contribution < 1.29 is 8.39 Å². The van der Waals surface area contributed by atoms with E-state index in [2.05, 4.69) is 72.8 Å². The smallest absolute Gasteiger partial charge is 0.309 e. The van der Waals surface area contributed by atoms with Gasteiger partial charge in [-0.2, -0.15) is 13.5 Å². The first kappa shape index (κ1) is 18.0. The summed E-state index contributed by atoms with van der Waals surface area (Å²) >= 11 is 0. The summed E-state index contributed by atoms with van der Waals surface area (Å²) in [6.45, 7) is 0. The van der Waals surface area contributed by atoms with E-state index in [4.69, 9.17) is 8.39 Å². The summed E-state index contributed by atoms with van der Waals surface area (Å²) in [7, 11) is 2.76. The van der Waals surface area contributed by atoms with E-state index < -0.39 is 8.16 Å². The molecule has 0 amide bonds. The maximum atomic E-state index is 6.33. The van der Waals surface area contributed by atoms with Gasteiger partial charge in [-0.05, 0) is 33.7 Å². The predicted octanol–water partition coefficient (Wildman–Crippen LogP) is 6.91. The first-order valence-corrected chi connectivity index (χ1v) is 9.72. The van der Waals surface area contributed by atoms with E-state index >= 15 is 0 Å².